The molecule has 14 heavy (non-hydrogen) atoms. The van der Waals surface area contributed by atoms with Crippen LogP contribution in [0.1, 0.15) is 26.2 Å². The molecule has 0 atom stereocenters. The van der Waals surface area contributed by atoms with Crippen molar-refractivity contribution in [1.82, 2.24) is 4.90 Å². The fourth-order valence-electron chi connectivity index (χ4n) is 1.37. The summed E-state index contributed by atoms with van der Waals surface area (Å²) in [6, 6.07) is 1.04. The summed E-state index contributed by atoms with van der Waals surface area (Å²) in [4.78, 5) is 12.8. The SMILES string of the molecule is CCCCN(CCC[SiH](C)C)C(N)=O. The molecule has 0 aromatic carbocycles. The first kappa shape index (κ1) is 13.5. The van der Waals surface area contributed by atoms with Crippen LogP contribution in [0.15, 0.2) is 0 Å². The zero-order valence-corrected chi connectivity index (χ0v) is 10.9. The van der Waals surface area contributed by atoms with E-state index in [0.717, 1.165) is 32.4 Å². The molecule has 0 spiro atoms. The number of rotatable bonds is 7. The fraction of sp³-hybridized carbons (Fsp3) is 0.900. The Morgan fingerprint density at radius 2 is 1.86 bits per heavy atom. The molecular weight excluding hydrogens is 192 g/mol. The summed E-state index contributed by atoms with van der Waals surface area (Å²) in [5.74, 6) is 0. The van der Waals surface area contributed by atoms with E-state index in [-0.39, 0.29) is 6.03 Å². The van der Waals surface area contributed by atoms with Gasteiger partial charge in [-0.15, -0.1) is 0 Å². The topological polar surface area (TPSA) is 46.3 Å². The second-order valence-corrected chi connectivity index (χ2v) is 7.58. The van der Waals surface area contributed by atoms with E-state index in [1.807, 2.05) is 0 Å². The first-order valence-electron chi connectivity index (χ1n) is 5.62. The molecular formula is C10H24N2OSi. The van der Waals surface area contributed by atoms with Crippen LogP contribution in [0, 0.1) is 0 Å². The van der Waals surface area contributed by atoms with Crippen molar-refractivity contribution in [3.05, 3.63) is 0 Å². The molecule has 0 radical (unpaired) electrons. The normalized spacial score (nSPS) is 10.6. The Bertz CT molecular complexity index is 162. The van der Waals surface area contributed by atoms with Gasteiger partial charge in [-0.1, -0.05) is 32.5 Å². The summed E-state index contributed by atoms with van der Waals surface area (Å²) in [5.41, 5.74) is 5.29. The number of carbonyl (C=O) groups is 1. The van der Waals surface area contributed by atoms with E-state index in [0.29, 0.717) is 0 Å². The van der Waals surface area contributed by atoms with Gasteiger partial charge in [-0.2, -0.15) is 0 Å². The maximum absolute atomic E-state index is 11.0. The highest BCUT2D eigenvalue weighted by atomic mass is 28.3. The first-order valence-corrected chi connectivity index (χ1v) is 8.74. The first-order chi connectivity index (χ1) is 6.57. The maximum Gasteiger partial charge on any atom is 0.314 e. The highest BCUT2D eigenvalue weighted by molar-refractivity contribution is 6.55. The number of primary amides is 1. The predicted octanol–water partition coefficient (Wildman–Crippen LogP) is 2.04. The molecule has 0 aliphatic heterocycles. The van der Waals surface area contributed by atoms with E-state index in [2.05, 4.69) is 20.0 Å². The van der Waals surface area contributed by atoms with Gasteiger partial charge < -0.3 is 10.6 Å². The van der Waals surface area contributed by atoms with Gasteiger partial charge in [-0.05, 0) is 12.8 Å². The molecule has 3 nitrogen and oxygen atoms in total. The molecule has 0 aromatic rings. The standard InChI is InChI=1S/C10H24N2OSi/c1-4-5-7-12(10(11)13)8-6-9-14(2)3/h14H,4-9H2,1-3H3,(H2,11,13). The van der Waals surface area contributed by atoms with Gasteiger partial charge in [-0.3, -0.25) is 0 Å². The highest BCUT2D eigenvalue weighted by Gasteiger charge is 2.08. The highest BCUT2D eigenvalue weighted by Crippen LogP contribution is 2.02. The smallest absolute Gasteiger partial charge is 0.314 e. The third-order valence-electron chi connectivity index (χ3n) is 2.30. The molecule has 0 unspecified atom stereocenters. The van der Waals surface area contributed by atoms with E-state index < -0.39 is 8.80 Å². The molecule has 0 heterocycles. The average Bonchev–Trinajstić information content (AvgIpc) is 2.09. The van der Waals surface area contributed by atoms with Crippen LogP contribution in [-0.2, 0) is 0 Å². The largest absolute Gasteiger partial charge is 0.351 e. The van der Waals surface area contributed by atoms with Crippen LogP contribution in [0.2, 0.25) is 19.1 Å². The Kier molecular flexibility index (Phi) is 7.56. The molecule has 2 N–H and O–H groups in total. The summed E-state index contributed by atoms with van der Waals surface area (Å²) < 4.78 is 0. The van der Waals surface area contributed by atoms with Crippen molar-refractivity contribution in [3.63, 3.8) is 0 Å². The Hall–Kier alpha value is -0.513. The van der Waals surface area contributed by atoms with Crippen LogP contribution >= 0.6 is 0 Å². The van der Waals surface area contributed by atoms with Crippen molar-refractivity contribution in [3.8, 4) is 0 Å². The molecule has 0 fully saturated rings. The minimum Gasteiger partial charge on any atom is -0.351 e. The fourth-order valence-corrected chi connectivity index (χ4v) is 2.37. The summed E-state index contributed by atoms with van der Waals surface area (Å²) in [5, 5.41) is 0. The molecule has 2 amide bonds. The summed E-state index contributed by atoms with van der Waals surface area (Å²) in [7, 11) is -0.467. The zero-order chi connectivity index (χ0) is 11.0. The lowest BCUT2D eigenvalue weighted by Gasteiger charge is -2.20. The predicted molar refractivity (Wildman–Crippen MR) is 64.4 cm³/mol. The molecule has 0 rings (SSSR count). The number of carbonyl (C=O) groups excluding carboxylic acids is 1. The van der Waals surface area contributed by atoms with Gasteiger partial charge in [0.25, 0.3) is 0 Å². The van der Waals surface area contributed by atoms with E-state index in [1.165, 1.54) is 6.04 Å². The van der Waals surface area contributed by atoms with Crippen LogP contribution in [-0.4, -0.2) is 32.8 Å². The molecule has 0 saturated heterocycles. The lowest BCUT2D eigenvalue weighted by Crippen LogP contribution is -2.37. The van der Waals surface area contributed by atoms with Gasteiger partial charge in [0.05, 0.1) is 0 Å². The van der Waals surface area contributed by atoms with Crippen LogP contribution in [0.25, 0.3) is 0 Å². The third-order valence-corrected chi connectivity index (χ3v) is 3.87. The zero-order valence-electron chi connectivity index (χ0n) is 9.75. The van der Waals surface area contributed by atoms with Gasteiger partial charge in [0.15, 0.2) is 0 Å². The number of amides is 2. The van der Waals surface area contributed by atoms with Gasteiger partial charge in [0.1, 0.15) is 0 Å². The van der Waals surface area contributed by atoms with Crippen molar-refractivity contribution in [2.24, 2.45) is 5.73 Å². The number of urea groups is 1. The molecule has 0 aliphatic carbocycles. The van der Waals surface area contributed by atoms with Crippen molar-refractivity contribution in [2.45, 2.75) is 45.3 Å². The lowest BCUT2D eigenvalue weighted by atomic mass is 10.3. The number of hydrogen-bond acceptors (Lipinski definition) is 1. The second-order valence-electron chi connectivity index (χ2n) is 4.21. The van der Waals surface area contributed by atoms with Crippen LogP contribution in [0.5, 0.6) is 0 Å². The Morgan fingerprint density at radius 1 is 1.29 bits per heavy atom. The minimum atomic E-state index is -0.467. The third kappa shape index (κ3) is 6.94. The van der Waals surface area contributed by atoms with Gasteiger partial charge in [0.2, 0.25) is 0 Å². The molecule has 0 bridgehead atoms. The molecule has 0 saturated carbocycles. The van der Waals surface area contributed by atoms with Crippen molar-refractivity contribution >= 4 is 14.8 Å². The van der Waals surface area contributed by atoms with Crippen molar-refractivity contribution in [2.75, 3.05) is 13.1 Å². The van der Waals surface area contributed by atoms with Crippen LogP contribution < -0.4 is 5.73 Å². The van der Waals surface area contributed by atoms with Crippen LogP contribution in [0.3, 0.4) is 0 Å². The van der Waals surface area contributed by atoms with Crippen molar-refractivity contribution < 1.29 is 4.79 Å². The number of unbranched alkanes of at least 4 members (excludes halogenated alkanes) is 1. The van der Waals surface area contributed by atoms with Gasteiger partial charge in [-0.25, -0.2) is 4.79 Å². The van der Waals surface area contributed by atoms with E-state index in [4.69, 9.17) is 5.73 Å². The second kappa shape index (κ2) is 7.85. The quantitative estimate of drug-likeness (QED) is 0.650. The lowest BCUT2D eigenvalue weighted by molar-refractivity contribution is 0.206. The molecule has 0 aliphatic rings. The number of nitrogens with two attached hydrogens (primary N) is 1. The minimum absolute atomic E-state index is 0.260. The van der Waals surface area contributed by atoms with Crippen molar-refractivity contribution in [1.29, 1.82) is 0 Å². The van der Waals surface area contributed by atoms with Gasteiger partial charge in [0, 0.05) is 21.9 Å². The summed E-state index contributed by atoms with van der Waals surface area (Å²) in [6.07, 6.45) is 3.29. The van der Waals surface area contributed by atoms with E-state index in [1.54, 1.807) is 4.90 Å². The number of hydrogen-bond donors (Lipinski definition) is 1. The summed E-state index contributed by atoms with van der Waals surface area (Å²) in [6.45, 7) is 8.47. The van der Waals surface area contributed by atoms with Crippen LogP contribution in [0.4, 0.5) is 4.79 Å². The van der Waals surface area contributed by atoms with E-state index in [9.17, 15) is 4.79 Å². The Balaban J connectivity index is 3.68. The van der Waals surface area contributed by atoms with E-state index >= 15 is 0 Å². The Morgan fingerprint density at radius 3 is 2.29 bits per heavy atom. The molecule has 84 valence electrons. The number of nitrogens with zero attached hydrogens (tertiary/aromatic N) is 1. The summed E-state index contributed by atoms with van der Waals surface area (Å²) >= 11 is 0. The average molecular weight is 216 g/mol. The van der Waals surface area contributed by atoms with Gasteiger partial charge >= 0.3 is 6.03 Å². The molecule has 0 aromatic heterocycles. The molecule has 4 heteroatoms. The monoisotopic (exact) mass is 216 g/mol. The maximum atomic E-state index is 11.0. The Labute approximate surface area is 89.3 Å².